The van der Waals surface area contributed by atoms with E-state index in [4.69, 9.17) is 4.42 Å². The standard InChI is InChI=1S/C29H30O2Si/c1-4-32(5-2,6-3)29-27(24-20-14-9-15-21-24)25(22-16-10-7-11-17-22)26(28(30)31-29)23-18-12-8-13-19-23/h7-21H,4-6H2,1-3H3. The van der Waals surface area contributed by atoms with Crippen molar-refractivity contribution in [3.05, 3.63) is 101 Å². The number of benzene rings is 3. The van der Waals surface area contributed by atoms with E-state index in [0.29, 0.717) is 5.56 Å². The monoisotopic (exact) mass is 438 g/mol. The van der Waals surface area contributed by atoms with E-state index in [0.717, 1.165) is 51.3 Å². The van der Waals surface area contributed by atoms with Gasteiger partial charge < -0.3 is 4.42 Å². The third kappa shape index (κ3) is 3.89. The summed E-state index contributed by atoms with van der Waals surface area (Å²) in [5.74, 6) is 0. The van der Waals surface area contributed by atoms with Crippen LogP contribution in [0.15, 0.2) is 100 Å². The Labute approximate surface area is 191 Å². The Bertz CT molecular complexity index is 1220. The van der Waals surface area contributed by atoms with Crippen molar-refractivity contribution in [2.24, 2.45) is 0 Å². The third-order valence-electron chi connectivity index (χ3n) is 6.83. The van der Waals surface area contributed by atoms with Gasteiger partial charge in [0.1, 0.15) is 8.07 Å². The zero-order chi connectivity index (χ0) is 22.6. The molecule has 3 aromatic carbocycles. The predicted molar refractivity (Wildman–Crippen MR) is 138 cm³/mol. The van der Waals surface area contributed by atoms with Gasteiger partial charge in [0.25, 0.3) is 0 Å². The molecular formula is C29H30O2Si. The molecule has 3 heteroatoms. The van der Waals surface area contributed by atoms with Gasteiger partial charge in [-0.15, -0.1) is 0 Å². The largest absolute Gasteiger partial charge is 0.432 e. The fraction of sp³-hybridized carbons (Fsp3) is 0.207. The van der Waals surface area contributed by atoms with Crippen LogP contribution in [0, 0.1) is 0 Å². The van der Waals surface area contributed by atoms with Gasteiger partial charge in [0, 0.05) is 11.1 Å². The van der Waals surface area contributed by atoms with Gasteiger partial charge in [0.05, 0.1) is 10.9 Å². The van der Waals surface area contributed by atoms with Gasteiger partial charge in [0.2, 0.25) is 0 Å². The van der Waals surface area contributed by atoms with Crippen LogP contribution >= 0.6 is 0 Å². The maximum absolute atomic E-state index is 13.7. The molecule has 0 saturated heterocycles. The summed E-state index contributed by atoms with van der Waals surface area (Å²) < 4.78 is 6.35. The van der Waals surface area contributed by atoms with Crippen molar-refractivity contribution in [2.75, 3.05) is 0 Å². The lowest BCUT2D eigenvalue weighted by molar-refractivity contribution is 0.543. The lowest BCUT2D eigenvalue weighted by Gasteiger charge is -2.30. The van der Waals surface area contributed by atoms with Gasteiger partial charge in [0.15, 0.2) is 0 Å². The second-order valence-electron chi connectivity index (χ2n) is 8.28. The average Bonchev–Trinajstić information content (AvgIpc) is 2.86. The number of rotatable bonds is 7. The van der Waals surface area contributed by atoms with Crippen LogP contribution in [0.5, 0.6) is 0 Å². The summed E-state index contributed by atoms with van der Waals surface area (Å²) in [5.41, 5.74) is 5.53. The van der Waals surface area contributed by atoms with Crippen LogP contribution in [0.4, 0.5) is 0 Å². The molecule has 4 rings (SSSR count). The van der Waals surface area contributed by atoms with E-state index in [1.165, 1.54) is 0 Å². The molecule has 0 saturated carbocycles. The molecule has 0 bridgehead atoms. The van der Waals surface area contributed by atoms with Crippen molar-refractivity contribution in [1.29, 1.82) is 0 Å². The minimum Gasteiger partial charge on any atom is -0.432 e. The Hall–Kier alpha value is -3.17. The van der Waals surface area contributed by atoms with Crippen molar-refractivity contribution < 1.29 is 4.42 Å². The maximum Gasteiger partial charge on any atom is 0.344 e. The van der Waals surface area contributed by atoms with Crippen molar-refractivity contribution in [3.8, 4) is 33.4 Å². The lowest BCUT2D eigenvalue weighted by Crippen LogP contribution is -2.48. The third-order valence-corrected chi connectivity index (χ3v) is 12.2. The van der Waals surface area contributed by atoms with E-state index in [9.17, 15) is 4.79 Å². The van der Waals surface area contributed by atoms with E-state index < -0.39 is 8.07 Å². The Balaban J connectivity index is 2.23. The van der Waals surface area contributed by atoms with E-state index in [1.54, 1.807) is 0 Å². The SMILES string of the molecule is CC[Si](CC)(CC)c1oc(=O)c(-c2ccccc2)c(-c2ccccc2)c1-c1ccccc1. The summed E-state index contributed by atoms with van der Waals surface area (Å²) in [6.07, 6.45) is 0. The highest BCUT2D eigenvalue weighted by atomic mass is 28.3. The Kier molecular flexibility index (Phi) is 6.57. The van der Waals surface area contributed by atoms with Gasteiger partial charge in [-0.25, -0.2) is 4.79 Å². The molecule has 0 unspecified atom stereocenters. The molecular weight excluding hydrogens is 408 g/mol. The van der Waals surface area contributed by atoms with Gasteiger partial charge in [-0.3, -0.25) is 0 Å². The molecule has 4 aromatic rings. The molecule has 0 fully saturated rings. The Morgan fingerprint density at radius 3 is 1.34 bits per heavy atom. The average molecular weight is 439 g/mol. The Morgan fingerprint density at radius 1 is 0.562 bits per heavy atom. The number of hydrogen-bond donors (Lipinski definition) is 0. The molecule has 0 radical (unpaired) electrons. The van der Waals surface area contributed by atoms with Crippen LogP contribution in [0.1, 0.15) is 20.8 Å². The molecule has 1 aromatic heterocycles. The highest BCUT2D eigenvalue weighted by molar-refractivity contribution is 6.91. The fourth-order valence-electron chi connectivity index (χ4n) is 4.78. The van der Waals surface area contributed by atoms with Crippen LogP contribution in [0.2, 0.25) is 18.1 Å². The zero-order valence-electron chi connectivity index (χ0n) is 19.1. The molecule has 0 aliphatic carbocycles. The summed E-state index contributed by atoms with van der Waals surface area (Å²) in [6.45, 7) is 6.75. The van der Waals surface area contributed by atoms with E-state index >= 15 is 0 Å². The molecule has 32 heavy (non-hydrogen) atoms. The lowest BCUT2D eigenvalue weighted by atomic mass is 9.90. The molecule has 0 N–H and O–H groups in total. The zero-order valence-corrected chi connectivity index (χ0v) is 20.1. The molecule has 0 aliphatic heterocycles. The molecule has 2 nitrogen and oxygen atoms in total. The molecule has 162 valence electrons. The minimum atomic E-state index is -2.01. The summed E-state index contributed by atoms with van der Waals surface area (Å²) >= 11 is 0. The molecule has 0 aliphatic rings. The second-order valence-corrected chi connectivity index (χ2v) is 13.4. The van der Waals surface area contributed by atoms with Gasteiger partial charge in [-0.05, 0) is 16.7 Å². The fourth-order valence-corrected chi connectivity index (χ4v) is 8.35. The van der Waals surface area contributed by atoms with Crippen LogP contribution in [-0.2, 0) is 0 Å². The first-order chi connectivity index (χ1) is 15.6. The maximum atomic E-state index is 13.7. The van der Waals surface area contributed by atoms with E-state index in [-0.39, 0.29) is 5.63 Å². The smallest absolute Gasteiger partial charge is 0.344 e. The molecule has 0 spiro atoms. The summed E-state index contributed by atoms with van der Waals surface area (Å²) in [7, 11) is -2.01. The summed E-state index contributed by atoms with van der Waals surface area (Å²) in [4.78, 5) is 13.7. The molecule has 1 heterocycles. The van der Waals surface area contributed by atoms with E-state index in [2.05, 4.69) is 57.2 Å². The first kappa shape index (κ1) is 22.0. The first-order valence-electron chi connectivity index (χ1n) is 11.5. The highest BCUT2D eigenvalue weighted by Gasteiger charge is 2.37. The molecule has 0 atom stereocenters. The predicted octanol–water partition coefficient (Wildman–Crippen LogP) is 7.36. The van der Waals surface area contributed by atoms with Crippen molar-refractivity contribution >= 4 is 13.5 Å². The van der Waals surface area contributed by atoms with Gasteiger partial charge in [-0.1, -0.05) is 130 Å². The van der Waals surface area contributed by atoms with Crippen LogP contribution in [0.3, 0.4) is 0 Å². The summed E-state index contributed by atoms with van der Waals surface area (Å²) in [6, 6.07) is 33.8. The normalized spacial score (nSPS) is 11.5. The Morgan fingerprint density at radius 2 is 0.938 bits per heavy atom. The second kappa shape index (κ2) is 9.54. The van der Waals surface area contributed by atoms with Crippen LogP contribution in [0.25, 0.3) is 33.4 Å². The topological polar surface area (TPSA) is 30.2 Å². The van der Waals surface area contributed by atoms with Gasteiger partial charge in [-0.2, -0.15) is 0 Å². The minimum absolute atomic E-state index is 0.239. The summed E-state index contributed by atoms with van der Waals surface area (Å²) in [5, 5.41) is 0.944. The highest BCUT2D eigenvalue weighted by Crippen LogP contribution is 2.39. The quantitative estimate of drug-likeness (QED) is 0.282. The van der Waals surface area contributed by atoms with Crippen LogP contribution in [-0.4, -0.2) is 8.07 Å². The van der Waals surface area contributed by atoms with Gasteiger partial charge >= 0.3 is 5.63 Å². The van der Waals surface area contributed by atoms with Crippen molar-refractivity contribution in [3.63, 3.8) is 0 Å². The van der Waals surface area contributed by atoms with Crippen LogP contribution < -0.4 is 11.0 Å². The number of hydrogen-bond acceptors (Lipinski definition) is 2. The molecule has 0 amide bonds. The van der Waals surface area contributed by atoms with Crippen molar-refractivity contribution in [2.45, 2.75) is 38.9 Å². The van der Waals surface area contributed by atoms with Crippen molar-refractivity contribution in [1.82, 2.24) is 0 Å². The van der Waals surface area contributed by atoms with E-state index in [1.807, 2.05) is 54.6 Å². The first-order valence-corrected chi connectivity index (χ1v) is 14.1.